The SMILES string of the molecule is CN(C(=O)CC1CCCC1)c1ccc(Cl)c(COc2ccc3cnccc3c2)c1Cl. The number of halogens is 2. The van der Waals surface area contributed by atoms with Crippen molar-refractivity contribution in [2.45, 2.75) is 38.7 Å². The summed E-state index contributed by atoms with van der Waals surface area (Å²) < 4.78 is 5.97. The zero-order valence-corrected chi connectivity index (χ0v) is 18.4. The summed E-state index contributed by atoms with van der Waals surface area (Å²) in [7, 11) is 1.77. The molecule has 4 nitrogen and oxygen atoms in total. The van der Waals surface area contributed by atoms with E-state index in [1.54, 1.807) is 30.3 Å². The average Bonchev–Trinajstić information content (AvgIpc) is 3.26. The Morgan fingerprint density at radius 2 is 1.93 bits per heavy atom. The summed E-state index contributed by atoms with van der Waals surface area (Å²) in [5, 5.41) is 3.07. The van der Waals surface area contributed by atoms with Crippen LogP contribution in [0.15, 0.2) is 48.8 Å². The fraction of sp³-hybridized carbons (Fsp3) is 0.333. The molecule has 0 spiro atoms. The highest BCUT2D eigenvalue weighted by molar-refractivity contribution is 6.38. The molecule has 1 amide bonds. The molecular weight excluding hydrogens is 419 g/mol. The lowest BCUT2D eigenvalue weighted by Crippen LogP contribution is -2.28. The number of nitrogens with zero attached hydrogens (tertiary/aromatic N) is 2. The molecule has 0 bridgehead atoms. The summed E-state index contributed by atoms with van der Waals surface area (Å²) in [5.74, 6) is 1.29. The minimum absolute atomic E-state index is 0.0844. The highest BCUT2D eigenvalue weighted by Gasteiger charge is 2.23. The molecule has 1 aliphatic carbocycles. The summed E-state index contributed by atoms with van der Waals surface area (Å²) in [6, 6.07) is 11.3. The van der Waals surface area contributed by atoms with Crippen molar-refractivity contribution < 1.29 is 9.53 Å². The third-order valence-electron chi connectivity index (χ3n) is 5.83. The standard InChI is InChI=1S/C24H24Cl2N2O2/c1-28(23(29)12-16-4-2-3-5-16)22-9-8-21(25)20(24(22)26)15-30-19-7-6-18-14-27-11-10-17(18)13-19/h6-11,13-14,16H,2-5,12,15H2,1H3. The molecule has 6 heteroatoms. The first kappa shape index (κ1) is 21.0. The molecule has 3 aromatic rings. The maximum atomic E-state index is 12.7. The van der Waals surface area contributed by atoms with E-state index in [9.17, 15) is 4.79 Å². The van der Waals surface area contributed by atoms with Crippen molar-refractivity contribution in [1.29, 1.82) is 0 Å². The minimum atomic E-state index is 0.0844. The Labute approximate surface area is 186 Å². The number of ether oxygens (including phenoxy) is 1. The molecular formula is C24H24Cl2N2O2. The van der Waals surface area contributed by atoms with Crippen molar-refractivity contribution in [2.75, 3.05) is 11.9 Å². The molecule has 0 atom stereocenters. The van der Waals surface area contributed by atoms with Gasteiger partial charge in [-0.2, -0.15) is 0 Å². The number of anilines is 1. The lowest BCUT2D eigenvalue weighted by Gasteiger charge is -2.22. The predicted octanol–water partition coefficient (Wildman–Crippen LogP) is 6.66. The number of hydrogen-bond acceptors (Lipinski definition) is 3. The molecule has 30 heavy (non-hydrogen) atoms. The molecule has 4 rings (SSSR count). The Hall–Kier alpha value is -2.30. The van der Waals surface area contributed by atoms with E-state index in [1.165, 1.54) is 12.8 Å². The Kier molecular flexibility index (Phi) is 6.45. The highest BCUT2D eigenvalue weighted by atomic mass is 35.5. The normalized spacial score (nSPS) is 14.2. The smallest absolute Gasteiger partial charge is 0.227 e. The van der Waals surface area contributed by atoms with Crippen LogP contribution in [0.3, 0.4) is 0 Å². The summed E-state index contributed by atoms with van der Waals surface area (Å²) >= 11 is 13.1. The van der Waals surface area contributed by atoms with Crippen LogP contribution in [-0.2, 0) is 11.4 Å². The first-order valence-corrected chi connectivity index (χ1v) is 11.0. The van der Waals surface area contributed by atoms with Gasteiger partial charge in [0.1, 0.15) is 12.4 Å². The Morgan fingerprint density at radius 3 is 2.73 bits per heavy atom. The number of benzene rings is 2. The Balaban J connectivity index is 1.50. The van der Waals surface area contributed by atoms with E-state index in [4.69, 9.17) is 27.9 Å². The summed E-state index contributed by atoms with van der Waals surface area (Å²) in [4.78, 5) is 18.5. The van der Waals surface area contributed by atoms with Crippen molar-refractivity contribution in [1.82, 2.24) is 4.98 Å². The van der Waals surface area contributed by atoms with E-state index >= 15 is 0 Å². The van der Waals surface area contributed by atoms with Crippen LogP contribution in [0.5, 0.6) is 5.75 Å². The third kappa shape index (κ3) is 4.55. The molecule has 0 unspecified atom stereocenters. The zero-order valence-electron chi connectivity index (χ0n) is 16.9. The molecule has 1 fully saturated rings. The second-order valence-corrected chi connectivity index (χ2v) is 8.62. The number of aromatic nitrogens is 1. The molecule has 0 aliphatic heterocycles. The van der Waals surface area contributed by atoms with E-state index in [0.717, 1.165) is 29.4 Å². The predicted molar refractivity (Wildman–Crippen MR) is 123 cm³/mol. The van der Waals surface area contributed by atoms with Crippen molar-refractivity contribution >= 4 is 45.6 Å². The van der Waals surface area contributed by atoms with E-state index in [2.05, 4.69) is 4.98 Å². The van der Waals surface area contributed by atoms with Gasteiger partial charge in [-0.15, -0.1) is 0 Å². The summed E-state index contributed by atoms with van der Waals surface area (Å²) in [6.45, 7) is 0.215. The van der Waals surface area contributed by atoms with Crippen LogP contribution < -0.4 is 9.64 Å². The van der Waals surface area contributed by atoms with E-state index in [1.807, 2.05) is 30.5 Å². The van der Waals surface area contributed by atoms with Crippen molar-refractivity contribution in [3.05, 3.63) is 64.4 Å². The molecule has 1 heterocycles. The number of rotatable bonds is 6. The fourth-order valence-electron chi connectivity index (χ4n) is 4.02. The number of carbonyl (C=O) groups is 1. The second-order valence-electron chi connectivity index (χ2n) is 7.84. The molecule has 156 valence electrons. The molecule has 0 N–H and O–H groups in total. The lowest BCUT2D eigenvalue weighted by atomic mass is 10.0. The highest BCUT2D eigenvalue weighted by Crippen LogP contribution is 2.36. The van der Waals surface area contributed by atoms with Gasteiger partial charge in [-0.05, 0) is 60.5 Å². The van der Waals surface area contributed by atoms with Gasteiger partial charge < -0.3 is 9.64 Å². The van der Waals surface area contributed by atoms with Crippen molar-refractivity contribution in [3.63, 3.8) is 0 Å². The van der Waals surface area contributed by atoms with E-state index < -0.39 is 0 Å². The number of amides is 1. The molecule has 1 saturated carbocycles. The molecule has 2 aromatic carbocycles. The Bertz CT molecular complexity index is 1060. The van der Waals surface area contributed by atoms with Crippen LogP contribution in [0.4, 0.5) is 5.69 Å². The van der Waals surface area contributed by atoms with Gasteiger partial charge in [-0.25, -0.2) is 0 Å². The summed E-state index contributed by atoms with van der Waals surface area (Å²) in [5.41, 5.74) is 1.33. The summed E-state index contributed by atoms with van der Waals surface area (Å²) in [6.07, 6.45) is 8.83. The van der Waals surface area contributed by atoms with E-state index in [0.29, 0.717) is 33.6 Å². The molecule has 0 radical (unpaired) electrons. The third-order valence-corrected chi connectivity index (χ3v) is 6.61. The quantitative estimate of drug-likeness (QED) is 0.428. The van der Waals surface area contributed by atoms with Gasteiger partial charge in [-0.1, -0.05) is 36.0 Å². The number of fused-ring (bicyclic) bond motifs is 1. The maximum absolute atomic E-state index is 12.7. The van der Waals surface area contributed by atoms with Gasteiger partial charge in [-0.3, -0.25) is 9.78 Å². The van der Waals surface area contributed by atoms with Crippen LogP contribution in [0.2, 0.25) is 10.0 Å². The van der Waals surface area contributed by atoms with E-state index in [-0.39, 0.29) is 12.5 Å². The lowest BCUT2D eigenvalue weighted by molar-refractivity contribution is -0.119. The number of pyridine rings is 1. The zero-order chi connectivity index (χ0) is 21.1. The topological polar surface area (TPSA) is 42.4 Å². The first-order valence-electron chi connectivity index (χ1n) is 10.2. The average molecular weight is 443 g/mol. The monoisotopic (exact) mass is 442 g/mol. The van der Waals surface area contributed by atoms with Crippen LogP contribution >= 0.6 is 23.2 Å². The maximum Gasteiger partial charge on any atom is 0.227 e. The minimum Gasteiger partial charge on any atom is -0.489 e. The van der Waals surface area contributed by atoms with Crippen LogP contribution in [0, 0.1) is 5.92 Å². The van der Waals surface area contributed by atoms with Gasteiger partial charge in [0.15, 0.2) is 0 Å². The fourth-order valence-corrected chi connectivity index (χ4v) is 4.62. The van der Waals surface area contributed by atoms with Crippen LogP contribution in [0.25, 0.3) is 10.8 Å². The molecule has 0 saturated heterocycles. The largest absolute Gasteiger partial charge is 0.489 e. The second kappa shape index (κ2) is 9.23. The van der Waals surface area contributed by atoms with Crippen LogP contribution in [-0.4, -0.2) is 17.9 Å². The Morgan fingerprint density at radius 1 is 1.13 bits per heavy atom. The number of hydrogen-bond donors (Lipinski definition) is 0. The number of carbonyl (C=O) groups excluding carboxylic acids is 1. The van der Waals surface area contributed by atoms with Gasteiger partial charge in [0.2, 0.25) is 5.91 Å². The van der Waals surface area contributed by atoms with Crippen molar-refractivity contribution in [2.24, 2.45) is 5.92 Å². The first-order chi connectivity index (χ1) is 14.5. The van der Waals surface area contributed by atoms with Gasteiger partial charge >= 0.3 is 0 Å². The molecule has 1 aliphatic rings. The van der Waals surface area contributed by atoms with Gasteiger partial charge in [0, 0.05) is 41.8 Å². The van der Waals surface area contributed by atoms with Gasteiger partial charge in [0.25, 0.3) is 0 Å². The van der Waals surface area contributed by atoms with Crippen molar-refractivity contribution in [3.8, 4) is 5.75 Å². The molecule has 1 aromatic heterocycles. The van der Waals surface area contributed by atoms with Crippen LogP contribution in [0.1, 0.15) is 37.7 Å². The van der Waals surface area contributed by atoms with Gasteiger partial charge in [0.05, 0.1) is 10.7 Å².